The van der Waals surface area contributed by atoms with Gasteiger partial charge in [0.05, 0.1) is 18.5 Å². The summed E-state index contributed by atoms with van der Waals surface area (Å²) in [6.45, 7) is 1.72. The molecule has 7 nitrogen and oxygen atoms in total. The summed E-state index contributed by atoms with van der Waals surface area (Å²) >= 11 is 12.1. The molecule has 4 rings (SSSR count). The lowest BCUT2D eigenvalue weighted by molar-refractivity contribution is -0.133. The molecule has 1 saturated heterocycles. The minimum Gasteiger partial charge on any atom is -0.464 e. The number of ether oxygens (including phenoxy) is 1. The van der Waals surface area contributed by atoms with Crippen LogP contribution in [0.4, 0.5) is 11.4 Å². The summed E-state index contributed by atoms with van der Waals surface area (Å²) in [5, 5.41) is 6.55. The highest BCUT2D eigenvalue weighted by molar-refractivity contribution is 6.47. The third-order valence-corrected chi connectivity index (χ3v) is 5.68. The first kappa shape index (κ1) is 19.4. The smallest absolute Gasteiger partial charge is 0.355 e. The second-order valence-corrected chi connectivity index (χ2v) is 7.46. The Morgan fingerprint density at radius 1 is 1.07 bits per heavy atom. The largest absolute Gasteiger partial charge is 0.464 e. The molecule has 148 valence electrons. The molecule has 2 amide bonds. The topological polar surface area (TPSA) is 79.3 Å². The maximum Gasteiger partial charge on any atom is 0.355 e. The number of fused-ring (bicyclic) bond motifs is 1. The maximum absolute atomic E-state index is 13.3. The van der Waals surface area contributed by atoms with Gasteiger partial charge in [-0.25, -0.2) is 9.69 Å². The fourth-order valence-corrected chi connectivity index (χ4v) is 3.87. The predicted molar refractivity (Wildman–Crippen MR) is 109 cm³/mol. The van der Waals surface area contributed by atoms with E-state index in [0.717, 1.165) is 4.90 Å². The first-order chi connectivity index (χ1) is 13.8. The number of amides is 2. The van der Waals surface area contributed by atoms with Gasteiger partial charge in [-0.05, 0) is 48.9 Å². The van der Waals surface area contributed by atoms with E-state index in [-0.39, 0.29) is 5.71 Å². The lowest BCUT2D eigenvalue weighted by Gasteiger charge is -2.23. The quantitative estimate of drug-likeness (QED) is 0.550. The summed E-state index contributed by atoms with van der Waals surface area (Å²) in [4.78, 5) is 40.0. The Morgan fingerprint density at radius 3 is 2.41 bits per heavy atom. The Balaban J connectivity index is 1.83. The Hall–Kier alpha value is -2.90. The van der Waals surface area contributed by atoms with E-state index in [1.807, 2.05) is 0 Å². The molecule has 9 heteroatoms. The molecule has 0 bridgehead atoms. The SMILES string of the molecule is COC(=O)C1=NN(c2ccc(Cl)cc2)[C@@H]2C(=O)N(c3cccc(Cl)c3C)C(=O)[C@H]12. The molecule has 0 unspecified atom stereocenters. The van der Waals surface area contributed by atoms with Crippen molar-refractivity contribution in [2.75, 3.05) is 17.0 Å². The molecule has 2 aliphatic rings. The molecule has 0 aliphatic carbocycles. The molecular weight excluding hydrogens is 417 g/mol. The van der Waals surface area contributed by atoms with Gasteiger partial charge in [0.2, 0.25) is 5.91 Å². The molecule has 2 heterocycles. The molecule has 29 heavy (non-hydrogen) atoms. The molecule has 0 aromatic heterocycles. The Bertz CT molecular complexity index is 1070. The zero-order chi connectivity index (χ0) is 20.9. The van der Waals surface area contributed by atoms with Crippen LogP contribution in [0.1, 0.15) is 5.56 Å². The van der Waals surface area contributed by atoms with Crippen LogP contribution in [0.15, 0.2) is 47.6 Å². The fourth-order valence-electron chi connectivity index (χ4n) is 3.57. The van der Waals surface area contributed by atoms with Crippen LogP contribution in [-0.4, -0.2) is 36.6 Å². The van der Waals surface area contributed by atoms with E-state index >= 15 is 0 Å². The van der Waals surface area contributed by atoms with Crippen LogP contribution in [0, 0.1) is 12.8 Å². The molecule has 0 spiro atoms. The predicted octanol–water partition coefficient (Wildman–Crippen LogP) is 3.21. The van der Waals surface area contributed by atoms with Gasteiger partial charge in [-0.2, -0.15) is 5.10 Å². The number of halogens is 2. The summed E-state index contributed by atoms with van der Waals surface area (Å²) in [6, 6.07) is 10.6. The zero-order valence-corrected chi connectivity index (χ0v) is 16.9. The molecular formula is C20H15Cl2N3O4. The minimum absolute atomic E-state index is 0.118. The monoisotopic (exact) mass is 431 g/mol. The lowest BCUT2D eigenvalue weighted by atomic mass is 9.98. The number of rotatable bonds is 3. The normalized spacial score (nSPS) is 20.8. The summed E-state index contributed by atoms with van der Waals surface area (Å²) in [5.41, 5.74) is 1.37. The van der Waals surface area contributed by atoms with E-state index in [9.17, 15) is 14.4 Å². The summed E-state index contributed by atoms with van der Waals surface area (Å²) < 4.78 is 4.79. The van der Waals surface area contributed by atoms with Gasteiger partial charge in [-0.15, -0.1) is 0 Å². The maximum atomic E-state index is 13.3. The second kappa shape index (κ2) is 7.17. The van der Waals surface area contributed by atoms with E-state index in [2.05, 4.69) is 5.10 Å². The van der Waals surface area contributed by atoms with Crippen LogP contribution < -0.4 is 9.91 Å². The Kier molecular flexibility index (Phi) is 4.80. The average molecular weight is 432 g/mol. The molecule has 1 fully saturated rings. The fraction of sp³-hybridized carbons (Fsp3) is 0.200. The van der Waals surface area contributed by atoms with E-state index in [1.54, 1.807) is 49.4 Å². The van der Waals surface area contributed by atoms with Crippen molar-refractivity contribution in [1.29, 1.82) is 0 Å². The second-order valence-electron chi connectivity index (χ2n) is 6.62. The number of anilines is 2. The molecule has 2 aliphatic heterocycles. The number of imide groups is 1. The average Bonchev–Trinajstić information content (AvgIpc) is 3.22. The van der Waals surface area contributed by atoms with Gasteiger partial charge >= 0.3 is 5.97 Å². The van der Waals surface area contributed by atoms with Crippen molar-refractivity contribution >= 4 is 58.1 Å². The van der Waals surface area contributed by atoms with E-state index < -0.39 is 29.7 Å². The van der Waals surface area contributed by atoms with Crippen molar-refractivity contribution in [2.24, 2.45) is 11.0 Å². The Morgan fingerprint density at radius 2 is 1.76 bits per heavy atom. The van der Waals surface area contributed by atoms with Gasteiger partial charge < -0.3 is 4.74 Å². The Labute approximate surface area is 176 Å². The van der Waals surface area contributed by atoms with Gasteiger partial charge in [-0.1, -0.05) is 29.3 Å². The number of methoxy groups -OCH3 is 1. The number of hydrogen-bond acceptors (Lipinski definition) is 6. The van der Waals surface area contributed by atoms with Gasteiger partial charge in [0.15, 0.2) is 5.71 Å². The van der Waals surface area contributed by atoms with Gasteiger partial charge in [0.25, 0.3) is 5.91 Å². The first-order valence-electron chi connectivity index (χ1n) is 8.69. The van der Waals surface area contributed by atoms with Crippen LogP contribution in [-0.2, 0) is 19.1 Å². The lowest BCUT2D eigenvalue weighted by Crippen LogP contribution is -2.39. The molecule has 2 atom stereocenters. The number of hydrazone groups is 1. The number of esters is 1. The van der Waals surface area contributed by atoms with Crippen molar-refractivity contribution in [1.82, 2.24) is 0 Å². The van der Waals surface area contributed by atoms with Crippen LogP contribution in [0.3, 0.4) is 0 Å². The molecule has 0 N–H and O–H groups in total. The highest BCUT2D eigenvalue weighted by atomic mass is 35.5. The van der Waals surface area contributed by atoms with E-state index in [1.165, 1.54) is 12.1 Å². The van der Waals surface area contributed by atoms with Crippen LogP contribution in [0.2, 0.25) is 10.0 Å². The third-order valence-electron chi connectivity index (χ3n) is 5.01. The summed E-state index contributed by atoms with van der Waals surface area (Å²) in [5.74, 6) is -2.89. The first-order valence-corrected chi connectivity index (χ1v) is 9.45. The highest BCUT2D eigenvalue weighted by Crippen LogP contribution is 2.39. The van der Waals surface area contributed by atoms with Crippen molar-refractivity contribution in [3.63, 3.8) is 0 Å². The highest BCUT2D eigenvalue weighted by Gasteiger charge is 2.59. The zero-order valence-electron chi connectivity index (χ0n) is 15.4. The van der Waals surface area contributed by atoms with Crippen molar-refractivity contribution < 1.29 is 19.1 Å². The number of hydrogen-bond donors (Lipinski definition) is 0. The summed E-state index contributed by atoms with van der Waals surface area (Å²) in [6.07, 6.45) is 0. The number of nitrogens with zero attached hydrogens (tertiary/aromatic N) is 3. The molecule has 0 radical (unpaired) electrons. The number of carbonyl (C=O) groups is 3. The van der Waals surface area contributed by atoms with Crippen LogP contribution in [0.25, 0.3) is 0 Å². The van der Waals surface area contributed by atoms with Crippen LogP contribution >= 0.6 is 23.2 Å². The van der Waals surface area contributed by atoms with Crippen LogP contribution in [0.5, 0.6) is 0 Å². The standard InChI is InChI=1S/C20H15Cl2N3O4/c1-10-13(22)4-3-5-14(10)24-18(26)15-16(20(28)29-2)23-25(17(15)19(24)27)12-8-6-11(21)7-9-12/h3-9,15,17H,1-2H3/t15-,17+/m1/s1. The van der Waals surface area contributed by atoms with E-state index in [0.29, 0.717) is 27.0 Å². The minimum atomic E-state index is -1.08. The number of benzene rings is 2. The van der Waals surface area contributed by atoms with E-state index in [4.69, 9.17) is 27.9 Å². The van der Waals surface area contributed by atoms with Gasteiger partial charge in [-0.3, -0.25) is 14.6 Å². The van der Waals surface area contributed by atoms with Gasteiger partial charge in [0.1, 0.15) is 12.0 Å². The number of carbonyl (C=O) groups excluding carboxylic acids is 3. The molecule has 2 aromatic rings. The molecule has 2 aromatic carbocycles. The molecule has 0 saturated carbocycles. The van der Waals surface area contributed by atoms with Crippen molar-refractivity contribution in [3.05, 3.63) is 58.1 Å². The van der Waals surface area contributed by atoms with Crippen molar-refractivity contribution in [2.45, 2.75) is 13.0 Å². The third kappa shape index (κ3) is 2.97. The summed E-state index contributed by atoms with van der Waals surface area (Å²) in [7, 11) is 1.20. The van der Waals surface area contributed by atoms with Gasteiger partial charge in [0, 0.05) is 10.0 Å². The van der Waals surface area contributed by atoms with Crippen molar-refractivity contribution in [3.8, 4) is 0 Å².